The van der Waals surface area contributed by atoms with Gasteiger partial charge in [0, 0.05) is 31.5 Å². The lowest BCUT2D eigenvalue weighted by Gasteiger charge is -2.14. The lowest BCUT2D eigenvalue weighted by Crippen LogP contribution is -2.27. The van der Waals surface area contributed by atoms with Gasteiger partial charge in [-0.05, 0) is 12.5 Å². The zero-order valence-electron chi connectivity index (χ0n) is 10.8. The molecule has 0 amide bonds. The van der Waals surface area contributed by atoms with E-state index in [1.807, 2.05) is 4.90 Å². The van der Waals surface area contributed by atoms with E-state index in [9.17, 15) is 5.26 Å². The Morgan fingerprint density at radius 3 is 2.70 bits per heavy atom. The van der Waals surface area contributed by atoms with Crippen LogP contribution in [0.15, 0.2) is 18.5 Å². The Kier molecular flexibility index (Phi) is 2.96. The van der Waals surface area contributed by atoms with Crippen LogP contribution in [-0.4, -0.2) is 38.9 Å². The zero-order valence-corrected chi connectivity index (χ0v) is 10.8. The lowest BCUT2D eigenvalue weighted by molar-refractivity contribution is 0.749. The molecule has 8 nitrogen and oxygen atoms in total. The number of nitrogen functional groups attached to an aromatic ring is 1. The minimum atomic E-state index is 0.0980. The van der Waals surface area contributed by atoms with E-state index in [1.165, 1.54) is 4.68 Å². The SMILES string of the molecule is N#Cc1c(N2CCC(N)C2)nn(-c2ncccn2)c1N. The van der Waals surface area contributed by atoms with E-state index in [4.69, 9.17) is 11.5 Å². The Morgan fingerprint density at radius 1 is 1.35 bits per heavy atom. The van der Waals surface area contributed by atoms with Crippen LogP contribution in [0.2, 0.25) is 0 Å². The summed E-state index contributed by atoms with van der Waals surface area (Å²) in [7, 11) is 0. The van der Waals surface area contributed by atoms with Crippen LogP contribution in [0.1, 0.15) is 12.0 Å². The van der Waals surface area contributed by atoms with Crippen molar-refractivity contribution in [2.45, 2.75) is 12.5 Å². The van der Waals surface area contributed by atoms with Crippen LogP contribution in [0, 0.1) is 11.3 Å². The Bertz CT molecular complexity index is 656. The van der Waals surface area contributed by atoms with Gasteiger partial charge in [-0.1, -0.05) is 0 Å². The normalized spacial score (nSPS) is 18.2. The number of hydrogen-bond donors (Lipinski definition) is 2. The van der Waals surface area contributed by atoms with Crippen molar-refractivity contribution in [2.75, 3.05) is 23.7 Å². The van der Waals surface area contributed by atoms with Crippen LogP contribution in [0.4, 0.5) is 11.6 Å². The zero-order chi connectivity index (χ0) is 14.1. The summed E-state index contributed by atoms with van der Waals surface area (Å²) in [5.74, 6) is 1.14. The summed E-state index contributed by atoms with van der Waals surface area (Å²) in [5, 5.41) is 13.7. The van der Waals surface area contributed by atoms with Crippen molar-refractivity contribution in [3.63, 3.8) is 0 Å². The molecule has 3 rings (SSSR count). The van der Waals surface area contributed by atoms with E-state index < -0.39 is 0 Å². The van der Waals surface area contributed by atoms with Crippen molar-refractivity contribution in [1.82, 2.24) is 19.7 Å². The molecular weight excluding hydrogens is 256 g/mol. The molecule has 0 spiro atoms. The van der Waals surface area contributed by atoms with Crippen molar-refractivity contribution in [3.05, 3.63) is 24.0 Å². The monoisotopic (exact) mass is 270 g/mol. The minimum Gasteiger partial charge on any atom is -0.382 e. The van der Waals surface area contributed by atoms with E-state index in [2.05, 4.69) is 21.1 Å². The van der Waals surface area contributed by atoms with Gasteiger partial charge in [0.15, 0.2) is 11.6 Å². The Labute approximate surface area is 115 Å². The highest BCUT2D eigenvalue weighted by Crippen LogP contribution is 2.28. The minimum absolute atomic E-state index is 0.0980. The molecule has 2 aromatic rings. The molecule has 102 valence electrons. The van der Waals surface area contributed by atoms with E-state index in [1.54, 1.807) is 18.5 Å². The predicted molar refractivity (Wildman–Crippen MR) is 73.1 cm³/mol. The molecule has 1 atom stereocenters. The van der Waals surface area contributed by atoms with Crippen LogP contribution in [0.3, 0.4) is 0 Å². The maximum atomic E-state index is 9.30. The standard InChI is InChI=1S/C12H14N8/c13-6-9-10(15)20(12-16-3-1-4-17-12)18-11(9)19-5-2-8(14)7-19/h1,3-4,8H,2,5,7,14-15H2. The first-order chi connectivity index (χ1) is 9.70. The molecule has 0 saturated carbocycles. The van der Waals surface area contributed by atoms with Crippen LogP contribution in [0.5, 0.6) is 0 Å². The Morgan fingerprint density at radius 2 is 2.10 bits per heavy atom. The van der Waals surface area contributed by atoms with E-state index in [0.717, 1.165) is 13.0 Å². The predicted octanol–water partition coefficient (Wildman–Crippen LogP) is -0.346. The molecule has 1 aliphatic heterocycles. The van der Waals surface area contributed by atoms with E-state index in [0.29, 0.717) is 23.9 Å². The first-order valence-electron chi connectivity index (χ1n) is 6.27. The highest BCUT2D eigenvalue weighted by Gasteiger charge is 2.27. The van der Waals surface area contributed by atoms with Crippen molar-refractivity contribution < 1.29 is 0 Å². The fourth-order valence-corrected chi connectivity index (χ4v) is 2.28. The second kappa shape index (κ2) is 4.79. The topological polar surface area (TPSA) is 123 Å². The van der Waals surface area contributed by atoms with Gasteiger partial charge in [0.05, 0.1) is 0 Å². The van der Waals surface area contributed by atoms with Gasteiger partial charge in [0.2, 0.25) is 0 Å². The summed E-state index contributed by atoms with van der Waals surface area (Å²) >= 11 is 0. The summed E-state index contributed by atoms with van der Waals surface area (Å²) in [6.07, 6.45) is 4.07. The molecule has 8 heteroatoms. The molecule has 0 aliphatic carbocycles. The summed E-state index contributed by atoms with van der Waals surface area (Å²) in [6.45, 7) is 1.43. The van der Waals surface area contributed by atoms with Gasteiger partial charge in [-0.2, -0.15) is 9.94 Å². The summed E-state index contributed by atoms with van der Waals surface area (Å²) in [6, 6.07) is 3.90. The fourth-order valence-electron chi connectivity index (χ4n) is 2.28. The van der Waals surface area contributed by atoms with Gasteiger partial charge in [-0.3, -0.25) is 0 Å². The van der Waals surface area contributed by atoms with Crippen molar-refractivity contribution in [2.24, 2.45) is 5.73 Å². The maximum Gasteiger partial charge on any atom is 0.252 e. The van der Waals surface area contributed by atoms with Gasteiger partial charge in [-0.15, -0.1) is 5.10 Å². The number of nitriles is 1. The molecule has 3 heterocycles. The van der Waals surface area contributed by atoms with Gasteiger partial charge >= 0.3 is 0 Å². The second-order valence-electron chi connectivity index (χ2n) is 4.65. The Hall–Kier alpha value is -2.66. The molecule has 20 heavy (non-hydrogen) atoms. The van der Waals surface area contributed by atoms with Crippen LogP contribution in [-0.2, 0) is 0 Å². The quantitative estimate of drug-likeness (QED) is 0.764. The third-order valence-electron chi connectivity index (χ3n) is 3.28. The molecule has 2 aromatic heterocycles. The largest absolute Gasteiger partial charge is 0.382 e. The maximum absolute atomic E-state index is 9.30. The van der Waals surface area contributed by atoms with Crippen LogP contribution >= 0.6 is 0 Å². The molecule has 1 saturated heterocycles. The van der Waals surface area contributed by atoms with Gasteiger partial charge < -0.3 is 16.4 Å². The molecule has 1 aliphatic rings. The highest BCUT2D eigenvalue weighted by atomic mass is 15.4. The first-order valence-corrected chi connectivity index (χ1v) is 6.27. The van der Waals surface area contributed by atoms with Crippen molar-refractivity contribution >= 4 is 11.6 Å². The average Bonchev–Trinajstić information content (AvgIpc) is 3.03. The number of aromatic nitrogens is 4. The van der Waals surface area contributed by atoms with Crippen molar-refractivity contribution in [1.29, 1.82) is 5.26 Å². The third kappa shape index (κ3) is 1.94. The molecule has 1 unspecified atom stereocenters. The molecule has 0 radical (unpaired) electrons. The van der Waals surface area contributed by atoms with Gasteiger partial charge in [-0.25, -0.2) is 9.97 Å². The molecule has 1 fully saturated rings. The smallest absolute Gasteiger partial charge is 0.252 e. The summed E-state index contributed by atoms with van der Waals surface area (Å²) < 4.78 is 1.39. The van der Waals surface area contributed by atoms with E-state index in [-0.39, 0.29) is 11.9 Å². The van der Waals surface area contributed by atoms with Gasteiger partial charge in [0.1, 0.15) is 11.6 Å². The summed E-state index contributed by atoms with van der Waals surface area (Å²) in [4.78, 5) is 10.2. The molecule has 0 bridgehead atoms. The molecule has 0 aromatic carbocycles. The van der Waals surface area contributed by atoms with E-state index >= 15 is 0 Å². The average molecular weight is 270 g/mol. The summed E-state index contributed by atoms with van der Waals surface area (Å²) in [5.41, 5.74) is 12.2. The highest BCUT2D eigenvalue weighted by molar-refractivity contribution is 5.66. The third-order valence-corrected chi connectivity index (χ3v) is 3.28. The Balaban J connectivity index is 2.06. The number of nitrogens with two attached hydrogens (primary N) is 2. The second-order valence-corrected chi connectivity index (χ2v) is 4.65. The lowest BCUT2D eigenvalue weighted by atomic mass is 10.3. The number of hydrogen-bond acceptors (Lipinski definition) is 7. The molecule has 4 N–H and O–H groups in total. The van der Waals surface area contributed by atoms with Crippen LogP contribution < -0.4 is 16.4 Å². The van der Waals surface area contributed by atoms with Crippen molar-refractivity contribution in [3.8, 4) is 12.0 Å². The number of anilines is 2. The van der Waals surface area contributed by atoms with Gasteiger partial charge in [0.25, 0.3) is 5.95 Å². The molecular formula is C12H14N8. The fraction of sp³-hybridized carbons (Fsp3) is 0.333. The number of rotatable bonds is 2. The number of nitrogens with zero attached hydrogens (tertiary/aromatic N) is 6. The first kappa shape index (κ1) is 12.4. The van der Waals surface area contributed by atoms with Crippen LogP contribution in [0.25, 0.3) is 5.95 Å².